The number of aliphatic hydroxyl groups excluding tert-OH is 1. The number of aromatic amines is 1. The van der Waals surface area contributed by atoms with Crippen LogP contribution < -0.4 is 10.4 Å². The highest BCUT2D eigenvalue weighted by molar-refractivity contribution is 6.99. The van der Waals surface area contributed by atoms with Crippen molar-refractivity contribution < 1.29 is 27.8 Å². The largest absolute Gasteiger partial charge is 0.444 e. The minimum atomic E-state index is -3.28. The molecule has 1 fully saturated rings. The van der Waals surface area contributed by atoms with Gasteiger partial charge in [0, 0.05) is 41.6 Å². The molecule has 11 heteroatoms. The Bertz CT molecular complexity index is 2250. The van der Waals surface area contributed by atoms with Crippen LogP contribution in [0.25, 0.3) is 10.9 Å². The number of benzene rings is 4. The highest BCUT2D eigenvalue weighted by Gasteiger charge is 2.52. The van der Waals surface area contributed by atoms with E-state index in [0.29, 0.717) is 36.2 Å². The second-order valence-corrected chi connectivity index (χ2v) is 22.4. The highest BCUT2D eigenvalue weighted by Crippen LogP contribution is 2.44. The van der Waals surface area contributed by atoms with E-state index in [2.05, 4.69) is 31.8 Å². The van der Waals surface area contributed by atoms with Crippen molar-refractivity contribution in [2.75, 3.05) is 26.2 Å². The number of carbonyl (C=O) groups is 1. The van der Waals surface area contributed by atoms with Crippen LogP contribution in [0.4, 0.5) is 13.6 Å². The van der Waals surface area contributed by atoms with Gasteiger partial charge in [-0.15, -0.1) is 0 Å². The summed E-state index contributed by atoms with van der Waals surface area (Å²) in [7, 11) is -3.26. The molecule has 2 aliphatic rings. The van der Waals surface area contributed by atoms with E-state index in [0.717, 1.165) is 32.5 Å². The van der Waals surface area contributed by atoms with Crippen molar-refractivity contribution >= 4 is 35.7 Å². The molecule has 58 heavy (non-hydrogen) atoms. The zero-order valence-electron chi connectivity index (χ0n) is 34.4. The standard InChI is InChI=1S/C47H54F2N4O4Si/c1-31-24-39-38-20-14-15-21-40(38)51-41(39)42(37-23-22-32(25-33(37)26-50)43(54)34-27-52(28-34)44(55)57-45(2,3)4)53(31)29-47(48,49)30-56-58(46(5,6)7,35-16-10-8-11-17-35)36-18-12-9-13-19-36/h8-23,25,31,34,42-43,51,54H,24,27-30H2,1-7H3/t31-,42-,43?/m1/s1. The van der Waals surface area contributed by atoms with Crippen molar-refractivity contribution in [3.05, 3.63) is 131 Å². The smallest absolute Gasteiger partial charge is 0.410 e. The third kappa shape index (κ3) is 7.95. The molecule has 0 saturated carbocycles. The van der Waals surface area contributed by atoms with Crippen molar-refractivity contribution in [1.29, 1.82) is 5.26 Å². The molecule has 1 saturated heterocycles. The number of rotatable bonds is 10. The minimum absolute atomic E-state index is 0.245. The number of amides is 1. The summed E-state index contributed by atoms with van der Waals surface area (Å²) < 4.78 is 46.2. The molecule has 5 aromatic rings. The van der Waals surface area contributed by atoms with Gasteiger partial charge in [0.25, 0.3) is 14.2 Å². The van der Waals surface area contributed by atoms with Crippen LogP contribution in [0.15, 0.2) is 103 Å². The third-order valence-corrected chi connectivity index (χ3v) is 16.7. The molecule has 3 heterocycles. The lowest BCUT2D eigenvalue weighted by atomic mass is 9.84. The number of fused-ring (bicyclic) bond motifs is 3. The van der Waals surface area contributed by atoms with E-state index < -0.39 is 56.3 Å². The first-order valence-corrected chi connectivity index (χ1v) is 22.0. The lowest BCUT2D eigenvalue weighted by molar-refractivity contribution is -0.0821. The summed E-state index contributed by atoms with van der Waals surface area (Å²) in [6.07, 6.45) is -0.832. The number of nitrogens with one attached hydrogen (secondary N) is 1. The Kier molecular flexibility index (Phi) is 11.2. The Morgan fingerprint density at radius 1 is 0.931 bits per heavy atom. The Morgan fingerprint density at radius 2 is 1.53 bits per heavy atom. The van der Waals surface area contributed by atoms with Crippen LogP contribution in [0.2, 0.25) is 5.04 Å². The zero-order chi connectivity index (χ0) is 41.6. The molecule has 0 spiro atoms. The van der Waals surface area contributed by atoms with Crippen LogP contribution in [0, 0.1) is 17.2 Å². The van der Waals surface area contributed by atoms with Crippen LogP contribution in [0.3, 0.4) is 0 Å². The van der Waals surface area contributed by atoms with Gasteiger partial charge in [-0.1, -0.05) is 112 Å². The second-order valence-electron chi connectivity index (χ2n) is 18.0. The second kappa shape index (κ2) is 15.7. The first-order chi connectivity index (χ1) is 27.4. The lowest BCUT2D eigenvalue weighted by Gasteiger charge is -2.45. The molecule has 304 valence electrons. The van der Waals surface area contributed by atoms with E-state index in [-0.39, 0.29) is 12.0 Å². The number of likely N-dealkylation sites (tertiary alicyclic amines) is 1. The number of para-hydroxylation sites is 1. The molecular weight excluding hydrogens is 751 g/mol. The topological polar surface area (TPSA) is 102 Å². The summed E-state index contributed by atoms with van der Waals surface area (Å²) in [4.78, 5) is 19.5. The Morgan fingerprint density at radius 3 is 2.12 bits per heavy atom. The first kappa shape index (κ1) is 41.3. The van der Waals surface area contributed by atoms with Crippen molar-refractivity contribution in [3.63, 3.8) is 0 Å². The van der Waals surface area contributed by atoms with Crippen LogP contribution in [-0.4, -0.2) is 78.1 Å². The number of hydrogen-bond acceptors (Lipinski definition) is 6. The number of H-pyrrole nitrogens is 1. The molecule has 1 aromatic heterocycles. The van der Waals surface area contributed by atoms with Crippen LogP contribution in [-0.2, 0) is 15.6 Å². The molecule has 0 radical (unpaired) electrons. The Hall–Kier alpha value is -4.86. The summed E-state index contributed by atoms with van der Waals surface area (Å²) >= 11 is 0. The molecule has 1 amide bonds. The maximum Gasteiger partial charge on any atom is 0.410 e. The molecule has 1 unspecified atom stereocenters. The van der Waals surface area contributed by atoms with E-state index in [4.69, 9.17) is 9.16 Å². The molecule has 3 atom stereocenters. The monoisotopic (exact) mass is 804 g/mol. The van der Waals surface area contributed by atoms with Gasteiger partial charge in [-0.2, -0.15) is 5.26 Å². The maximum absolute atomic E-state index is 17.0. The van der Waals surface area contributed by atoms with Crippen molar-refractivity contribution in [1.82, 2.24) is 14.8 Å². The van der Waals surface area contributed by atoms with Crippen molar-refractivity contribution in [2.24, 2.45) is 5.92 Å². The summed E-state index contributed by atoms with van der Waals surface area (Å²) in [6, 6.07) is 34.1. The number of nitrogens with zero attached hydrogens (tertiary/aromatic N) is 3. The molecule has 4 aromatic carbocycles. The highest BCUT2D eigenvalue weighted by atomic mass is 28.4. The van der Waals surface area contributed by atoms with E-state index in [1.54, 1.807) is 43.9 Å². The predicted octanol–water partition coefficient (Wildman–Crippen LogP) is 8.49. The number of hydrogen-bond donors (Lipinski definition) is 2. The van der Waals surface area contributed by atoms with Gasteiger partial charge in [-0.05, 0) is 78.4 Å². The van der Waals surface area contributed by atoms with Gasteiger partial charge in [0.15, 0.2) is 0 Å². The molecule has 2 N–H and O–H groups in total. The number of nitriles is 1. The van der Waals surface area contributed by atoms with Crippen LogP contribution >= 0.6 is 0 Å². The summed E-state index contributed by atoms with van der Waals surface area (Å²) in [5, 5.41) is 24.5. The number of aromatic nitrogens is 1. The van der Waals surface area contributed by atoms with Crippen molar-refractivity contribution in [2.45, 2.75) is 89.6 Å². The number of carbonyl (C=O) groups excluding carboxylic acids is 1. The zero-order valence-corrected chi connectivity index (χ0v) is 35.4. The van der Waals surface area contributed by atoms with E-state index in [9.17, 15) is 15.2 Å². The Balaban J connectivity index is 1.22. The SMILES string of the molecule is C[C@@H]1Cc2c([nH]c3ccccc23)[C@@H](c2ccc(C(O)C3CN(C(=O)OC(C)(C)C)C3)cc2C#N)N1CC(F)(F)CO[Si](c1ccccc1)(c1ccccc1)C(C)(C)C. The average Bonchev–Trinajstić information content (AvgIpc) is 3.52. The van der Waals surface area contributed by atoms with Crippen LogP contribution in [0.5, 0.6) is 0 Å². The number of ether oxygens (including phenoxy) is 1. The fraction of sp³-hybridized carbons (Fsp3) is 0.404. The summed E-state index contributed by atoms with van der Waals surface area (Å²) in [5.41, 5.74) is 3.49. The minimum Gasteiger partial charge on any atom is -0.444 e. The molecule has 0 aliphatic carbocycles. The third-order valence-electron chi connectivity index (χ3n) is 11.7. The van der Waals surface area contributed by atoms with E-state index in [1.807, 2.05) is 96.8 Å². The van der Waals surface area contributed by atoms with Crippen molar-refractivity contribution in [3.8, 4) is 6.07 Å². The van der Waals surface area contributed by atoms with Gasteiger partial charge in [-0.3, -0.25) is 4.90 Å². The van der Waals surface area contributed by atoms with E-state index in [1.165, 1.54) is 0 Å². The van der Waals surface area contributed by atoms with Gasteiger partial charge in [0.1, 0.15) is 5.60 Å². The average molecular weight is 805 g/mol. The molecule has 2 aliphatic heterocycles. The van der Waals surface area contributed by atoms with Crippen LogP contribution in [0.1, 0.15) is 88.6 Å². The van der Waals surface area contributed by atoms with Gasteiger partial charge >= 0.3 is 6.09 Å². The normalized spacial score (nSPS) is 18.7. The molecular formula is C47H54F2N4O4Si. The quantitative estimate of drug-likeness (QED) is 0.138. The molecule has 8 nitrogen and oxygen atoms in total. The van der Waals surface area contributed by atoms with Gasteiger partial charge < -0.3 is 24.2 Å². The molecule has 0 bridgehead atoms. The number of alkyl halides is 2. The van der Waals surface area contributed by atoms with Gasteiger partial charge in [-0.25, -0.2) is 13.6 Å². The van der Waals surface area contributed by atoms with Gasteiger partial charge in [0.05, 0.1) is 36.9 Å². The predicted molar refractivity (Wildman–Crippen MR) is 226 cm³/mol. The summed E-state index contributed by atoms with van der Waals surface area (Å²) in [6.45, 7) is 12.8. The number of halogens is 2. The maximum atomic E-state index is 17.0. The summed E-state index contributed by atoms with van der Waals surface area (Å²) in [5.74, 6) is -3.53. The van der Waals surface area contributed by atoms with Gasteiger partial charge in [0.2, 0.25) is 0 Å². The fourth-order valence-corrected chi connectivity index (χ4v) is 13.5. The Labute approximate surface area is 341 Å². The molecule has 7 rings (SSSR count). The lowest BCUT2D eigenvalue weighted by Crippen LogP contribution is -2.67. The fourth-order valence-electron chi connectivity index (χ4n) is 8.93. The first-order valence-electron chi connectivity index (χ1n) is 20.1. The number of aliphatic hydroxyl groups is 1. The van der Waals surface area contributed by atoms with E-state index >= 15 is 8.78 Å².